The van der Waals surface area contributed by atoms with Crippen molar-refractivity contribution in [3.63, 3.8) is 0 Å². The number of nitrogens with one attached hydrogen (secondary N) is 2. The van der Waals surface area contributed by atoms with Crippen LogP contribution in [-0.4, -0.2) is 13.3 Å². The van der Waals surface area contributed by atoms with Crippen molar-refractivity contribution in [1.82, 2.24) is 10.6 Å². The van der Waals surface area contributed by atoms with Gasteiger partial charge < -0.3 is 10.6 Å². The molecule has 1 aliphatic carbocycles. The highest BCUT2D eigenvalue weighted by atomic mass is 15.0. The van der Waals surface area contributed by atoms with Crippen molar-refractivity contribution < 1.29 is 0 Å². The van der Waals surface area contributed by atoms with Gasteiger partial charge in [0.15, 0.2) is 0 Å². The normalized spacial score (nSPS) is 16.9. The maximum atomic E-state index is 4.03. The minimum atomic E-state index is 0.735. The summed E-state index contributed by atoms with van der Waals surface area (Å²) in [7, 11) is 0. The van der Waals surface area contributed by atoms with Gasteiger partial charge in [0.05, 0.1) is 0 Å². The number of rotatable bonds is 14. The number of hydrogen-bond acceptors (Lipinski definition) is 3. The van der Waals surface area contributed by atoms with Crippen LogP contribution in [0.4, 0.5) is 0 Å². The van der Waals surface area contributed by atoms with Crippen molar-refractivity contribution >= 4 is 6.72 Å². The first kappa shape index (κ1) is 24.5. The molecule has 0 bridgehead atoms. The van der Waals surface area contributed by atoms with Crippen LogP contribution in [0, 0.1) is 5.92 Å². The van der Waals surface area contributed by atoms with Crippen LogP contribution < -0.4 is 10.6 Å². The molecule has 1 aliphatic rings. The standard InChI is InChI=1S/C26H39N3/c1-7-21(5)20-29-26(27-6)16-15-25(10-4)28-18-17-23(9-3)19-22(8-2)11-12-24-13-14-24/h7,10-11,15-19,24,28-29H,4,6,8-9,12-14,20H2,1-3,5H3/b18-17+,21-7+,22-11-,23-19-,25-15+,26-16+. The third-order valence-electron chi connectivity index (χ3n) is 5.00. The van der Waals surface area contributed by atoms with Crippen molar-refractivity contribution in [2.24, 2.45) is 10.9 Å². The Bertz CT molecular complexity index is 710. The van der Waals surface area contributed by atoms with Crippen LogP contribution in [-0.2, 0) is 0 Å². The van der Waals surface area contributed by atoms with E-state index >= 15 is 0 Å². The van der Waals surface area contributed by atoms with Crippen LogP contribution in [0.25, 0.3) is 0 Å². The van der Waals surface area contributed by atoms with Crippen molar-refractivity contribution in [1.29, 1.82) is 0 Å². The molecule has 0 aromatic rings. The van der Waals surface area contributed by atoms with E-state index in [2.05, 4.69) is 74.0 Å². The highest BCUT2D eigenvalue weighted by Gasteiger charge is 2.19. The molecule has 0 unspecified atom stereocenters. The average molecular weight is 394 g/mol. The first-order chi connectivity index (χ1) is 14.1. The Kier molecular flexibility index (Phi) is 12.2. The van der Waals surface area contributed by atoms with E-state index < -0.39 is 0 Å². The van der Waals surface area contributed by atoms with E-state index in [1.807, 2.05) is 25.3 Å². The van der Waals surface area contributed by atoms with Crippen LogP contribution >= 0.6 is 0 Å². The Balaban J connectivity index is 2.72. The first-order valence-electron chi connectivity index (χ1n) is 10.8. The molecule has 0 atom stereocenters. The van der Waals surface area contributed by atoms with Gasteiger partial charge in [-0.25, -0.2) is 4.99 Å². The largest absolute Gasteiger partial charge is 0.366 e. The van der Waals surface area contributed by atoms with Gasteiger partial charge in [-0.3, -0.25) is 0 Å². The van der Waals surface area contributed by atoms with Crippen LogP contribution in [0.1, 0.15) is 59.8 Å². The Morgan fingerprint density at radius 3 is 2.41 bits per heavy atom. The van der Waals surface area contributed by atoms with E-state index in [9.17, 15) is 0 Å². The highest BCUT2D eigenvalue weighted by Crippen LogP contribution is 2.33. The van der Waals surface area contributed by atoms with E-state index in [0.29, 0.717) is 0 Å². The molecule has 0 spiro atoms. The molecular formula is C26H39N3. The smallest absolute Gasteiger partial charge is 0.125 e. The van der Waals surface area contributed by atoms with Gasteiger partial charge in [-0.15, -0.1) is 0 Å². The summed E-state index contributed by atoms with van der Waals surface area (Å²) in [5.41, 5.74) is 4.91. The molecule has 3 nitrogen and oxygen atoms in total. The fraction of sp³-hybridized carbons (Fsp3) is 0.423. The van der Waals surface area contributed by atoms with E-state index in [1.165, 1.54) is 36.0 Å². The molecule has 2 N–H and O–H groups in total. The summed E-state index contributed by atoms with van der Waals surface area (Å²) < 4.78 is 0. The minimum Gasteiger partial charge on any atom is -0.366 e. The van der Waals surface area contributed by atoms with Gasteiger partial charge in [0, 0.05) is 18.4 Å². The van der Waals surface area contributed by atoms with Crippen molar-refractivity contribution in [3.05, 3.63) is 83.5 Å². The topological polar surface area (TPSA) is 36.4 Å². The Hall–Kier alpha value is -2.55. The fourth-order valence-electron chi connectivity index (χ4n) is 2.57. The molecule has 158 valence electrons. The lowest BCUT2D eigenvalue weighted by Crippen LogP contribution is -2.14. The second-order valence-electron chi connectivity index (χ2n) is 7.39. The number of hydrogen-bond donors (Lipinski definition) is 2. The molecule has 29 heavy (non-hydrogen) atoms. The maximum Gasteiger partial charge on any atom is 0.125 e. The summed E-state index contributed by atoms with van der Waals surface area (Å²) in [5.74, 6) is 1.67. The average Bonchev–Trinajstić information content (AvgIpc) is 3.58. The number of aliphatic imine (C=N–C) groups is 1. The molecule has 1 fully saturated rings. The third kappa shape index (κ3) is 11.1. The molecular weight excluding hydrogens is 354 g/mol. The lowest BCUT2D eigenvalue weighted by atomic mass is 10.1. The maximum absolute atomic E-state index is 4.03. The predicted octanol–water partition coefficient (Wildman–Crippen LogP) is 6.73. The highest BCUT2D eigenvalue weighted by molar-refractivity contribution is 5.33. The Labute approximate surface area is 178 Å². The van der Waals surface area contributed by atoms with Gasteiger partial charge in [-0.2, -0.15) is 0 Å². The second kappa shape index (κ2) is 14.4. The third-order valence-corrected chi connectivity index (χ3v) is 5.00. The summed E-state index contributed by atoms with van der Waals surface area (Å²) in [6.45, 7) is 16.8. The van der Waals surface area contributed by atoms with Gasteiger partial charge in [0.2, 0.25) is 0 Å². The molecule has 0 amide bonds. The summed E-state index contributed by atoms with van der Waals surface area (Å²) in [6.07, 6.45) is 22.7. The van der Waals surface area contributed by atoms with Gasteiger partial charge >= 0.3 is 0 Å². The molecule has 3 heteroatoms. The van der Waals surface area contributed by atoms with Crippen LogP contribution in [0.3, 0.4) is 0 Å². The van der Waals surface area contributed by atoms with E-state index in [1.54, 1.807) is 6.08 Å². The monoisotopic (exact) mass is 393 g/mol. The quantitative estimate of drug-likeness (QED) is 0.195. The Morgan fingerprint density at radius 1 is 1.14 bits per heavy atom. The first-order valence-corrected chi connectivity index (χ1v) is 10.8. The molecule has 0 aliphatic heterocycles. The minimum absolute atomic E-state index is 0.735. The second-order valence-corrected chi connectivity index (χ2v) is 7.39. The van der Waals surface area contributed by atoms with E-state index in [4.69, 9.17) is 0 Å². The lowest BCUT2D eigenvalue weighted by molar-refractivity contribution is 0.853. The van der Waals surface area contributed by atoms with E-state index in [-0.39, 0.29) is 0 Å². The zero-order valence-corrected chi connectivity index (χ0v) is 18.8. The van der Waals surface area contributed by atoms with Crippen LogP contribution in [0.5, 0.6) is 0 Å². The van der Waals surface area contributed by atoms with Crippen molar-refractivity contribution in [3.8, 4) is 0 Å². The molecule has 1 rings (SSSR count). The summed E-state index contributed by atoms with van der Waals surface area (Å²) in [4.78, 5) is 4.03. The summed E-state index contributed by atoms with van der Waals surface area (Å²) in [6, 6.07) is 0. The molecule has 0 heterocycles. The van der Waals surface area contributed by atoms with Crippen molar-refractivity contribution in [2.75, 3.05) is 6.54 Å². The van der Waals surface area contributed by atoms with Crippen molar-refractivity contribution in [2.45, 2.75) is 59.8 Å². The number of allylic oxidation sites excluding steroid dienone is 9. The molecule has 0 saturated heterocycles. The SMILES string of the molecule is C=C/C(=C\C=C(/N=C)NC/C(C)=C/C)N/C=C/C(=C\C(=C/CC1CC1)CC)CC. The van der Waals surface area contributed by atoms with Gasteiger partial charge in [-0.05, 0) is 88.5 Å². The zero-order chi connectivity index (χ0) is 21.5. The predicted molar refractivity (Wildman–Crippen MR) is 130 cm³/mol. The van der Waals surface area contributed by atoms with Crippen LogP contribution in [0.15, 0.2) is 88.5 Å². The van der Waals surface area contributed by atoms with E-state index in [0.717, 1.165) is 36.8 Å². The zero-order valence-electron chi connectivity index (χ0n) is 18.8. The molecule has 1 saturated carbocycles. The molecule has 0 aromatic carbocycles. The summed E-state index contributed by atoms with van der Waals surface area (Å²) in [5, 5.41) is 6.56. The van der Waals surface area contributed by atoms with Gasteiger partial charge in [0.1, 0.15) is 5.82 Å². The van der Waals surface area contributed by atoms with Crippen LogP contribution in [0.2, 0.25) is 0 Å². The molecule has 0 radical (unpaired) electrons. The lowest BCUT2D eigenvalue weighted by Gasteiger charge is -2.06. The van der Waals surface area contributed by atoms with Gasteiger partial charge in [-0.1, -0.05) is 49.8 Å². The Morgan fingerprint density at radius 2 is 1.86 bits per heavy atom. The number of nitrogens with zero attached hydrogens (tertiary/aromatic N) is 1. The molecule has 0 aromatic heterocycles. The fourth-order valence-corrected chi connectivity index (χ4v) is 2.57. The van der Waals surface area contributed by atoms with Gasteiger partial charge in [0.25, 0.3) is 0 Å². The summed E-state index contributed by atoms with van der Waals surface area (Å²) >= 11 is 0.